The summed E-state index contributed by atoms with van der Waals surface area (Å²) in [5.41, 5.74) is 4.08. The molecule has 1 fully saturated rings. The molecule has 0 aliphatic carbocycles. The van der Waals surface area contributed by atoms with E-state index in [1.165, 1.54) is 11.8 Å². The number of esters is 1. The van der Waals surface area contributed by atoms with Crippen LogP contribution < -0.4 is 14.4 Å². The van der Waals surface area contributed by atoms with Gasteiger partial charge in [0.25, 0.3) is 11.7 Å². The molecule has 1 amide bonds. The fourth-order valence-electron chi connectivity index (χ4n) is 4.95. The van der Waals surface area contributed by atoms with E-state index in [9.17, 15) is 19.5 Å². The van der Waals surface area contributed by atoms with Gasteiger partial charge in [0, 0.05) is 18.2 Å². The summed E-state index contributed by atoms with van der Waals surface area (Å²) in [7, 11) is 1.59. The first-order valence-corrected chi connectivity index (χ1v) is 12.9. The summed E-state index contributed by atoms with van der Waals surface area (Å²) in [4.78, 5) is 40.2. The molecule has 0 radical (unpaired) electrons. The standard InChI is InChI=1S/C32H33NO6/c1-7-21-11-13-23(14-12-21)33-29(22-9-8-10-24(16-22)39-20(5)34)28(31(36)32(33)37)30(35)26-17-25(18(2)3)27(38-6)15-19(26)4/h8-18,29,35H,7H2,1-6H3/b30-28+. The van der Waals surface area contributed by atoms with Crippen molar-refractivity contribution >= 4 is 29.1 Å². The lowest BCUT2D eigenvalue weighted by molar-refractivity contribution is -0.132. The molecule has 1 N–H and O–H groups in total. The molecule has 1 aliphatic heterocycles. The topological polar surface area (TPSA) is 93.1 Å². The van der Waals surface area contributed by atoms with Gasteiger partial charge in [-0.15, -0.1) is 0 Å². The minimum absolute atomic E-state index is 0.0393. The average molecular weight is 528 g/mol. The number of carbonyl (C=O) groups excluding carboxylic acids is 3. The van der Waals surface area contributed by atoms with Crippen LogP contribution in [0.1, 0.15) is 67.5 Å². The molecule has 39 heavy (non-hydrogen) atoms. The monoisotopic (exact) mass is 527 g/mol. The lowest BCUT2D eigenvalue weighted by Crippen LogP contribution is -2.29. The van der Waals surface area contributed by atoms with E-state index in [2.05, 4.69) is 0 Å². The third-order valence-electron chi connectivity index (χ3n) is 6.96. The van der Waals surface area contributed by atoms with Crippen molar-refractivity contribution in [1.29, 1.82) is 0 Å². The Labute approximate surface area is 228 Å². The largest absolute Gasteiger partial charge is 0.507 e. The number of aliphatic hydroxyl groups is 1. The maximum absolute atomic E-state index is 13.6. The first-order valence-electron chi connectivity index (χ1n) is 12.9. The van der Waals surface area contributed by atoms with Gasteiger partial charge in [-0.1, -0.05) is 45.0 Å². The highest BCUT2D eigenvalue weighted by Gasteiger charge is 2.47. The van der Waals surface area contributed by atoms with E-state index in [1.54, 1.807) is 43.5 Å². The van der Waals surface area contributed by atoms with Gasteiger partial charge in [-0.3, -0.25) is 19.3 Å². The molecule has 1 atom stereocenters. The Bertz CT molecular complexity index is 1470. The summed E-state index contributed by atoms with van der Waals surface area (Å²) in [5, 5.41) is 11.7. The molecule has 4 rings (SSSR count). The number of aliphatic hydroxyl groups excluding tert-OH is 1. The molecule has 202 valence electrons. The normalized spacial score (nSPS) is 16.6. The highest BCUT2D eigenvalue weighted by atomic mass is 16.5. The van der Waals surface area contributed by atoms with E-state index in [-0.39, 0.29) is 23.0 Å². The van der Waals surface area contributed by atoms with Crippen molar-refractivity contribution in [2.75, 3.05) is 12.0 Å². The number of anilines is 1. The van der Waals surface area contributed by atoms with E-state index in [0.29, 0.717) is 28.1 Å². The Morgan fingerprint density at radius 3 is 2.33 bits per heavy atom. The van der Waals surface area contributed by atoms with Crippen molar-refractivity contribution in [1.82, 2.24) is 0 Å². The third-order valence-corrected chi connectivity index (χ3v) is 6.96. The highest BCUT2D eigenvalue weighted by molar-refractivity contribution is 6.51. The number of hydrogen-bond donors (Lipinski definition) is 1. The Hall–Kier alpha value is -4.39. The zero-order valence-corrected chi connectivity index (χ0v) is 23.1. The maximum atomic E-state index is 13.6. The summed E-state index contributed by atoms with van der Waals surface area (Å²) >= 11 is 0. The highest BCUT2D eigenvalue weighted by Crippen LogP contribution is 2.44. The molecule has 3 aromatic carbocycles. The number of carbonyl (C=O) groups is 3. The van der Waals surface area contributed by atoms with Crippen molar-refractivity contribution < 1.29 is 29.0 Å². The number of nitrogens with zero attached hydrogens (tertiary/aromatic N) is 1. The zero-order valence-electron chi connectivity index (χ0n) is 23.1. The van der Waals surface area contributed by atoms with Crippen LogP contribution in [0.15, 0.2) is 66.2 Å². The van der Waals surface area contributed by atoms with Gasteiger partial charge in [-0.25, -0.2) is 0 Å². The summed E-state index contributed by atoms with van der Waals surface area (Å²) in [6.45, 7) is 9.17. The smallest absolute Gasteiger partial charge is 0.308 e. The second-order valence-corrected chi connectivity index (χ2v) is 9.92. The Morgan fingerprint density at radius 2 is 1.74 bits per heavy atom. The van der Waals surface area contributed by atoms with Gasteiger partial charge in [0.2, 0.25) is 0 Å². The molecule has 7 heteroatoms. The van der Waals surface area contributed by atoms with Gasteiger partial charge in [-0.05, 0) is 77.9 Å². The average Bonchev–Trinajstić information content (AvgIpc) is 3.17. The third kappa shape index (κ3) is 5.30. The first-order chi connectivity index (χ1) is 18.6. The molecule has 0 spiro atoms. The predicted molar refractivity (Wildman–Crippen MR) is 150 cm³/mol. The molecule has 0 saturated carbocycles. The van der Waals surface area contributed by atoms with Crippen molar-refractivity contribution in [3.05, 3.63) is 94.1 Å². The molecular formula is C32H33NO6. The number of hydrogen-bond acceptors (Lipinski definition) is 6. The quantitative estimate of drug-likeness (QED) is 0.129. The number of rotatable bonds is 7. The molecule has 1 unspecified atom stereocenters. The number of ether oxygens (including phenoxy) is 2. The molecule has 0 aromatic heterocycles. The van der Waals surface area contributed by atoms with E-state index in [1.807, 2.05) is 52.0 Å². The summed E-state index contributed by atoms with van der Waals surface area (Å²) in [5.74, 6) is -1.27. The molecule has 1 heterocycles. The van der Waals surface area contributed by atoms with Crippen molar-refractivity contribution in [3.8, 4) is 11.5 Å². The summed E-state index contributed by atoms with van der Waals surface area (Å²) in [6, 6.07) is 16.7. The maximum Gasteiger partial charge on any atom is 0.308 e. The van der Waals surface area contributed by atoms with Crippen LogP contribution in [0.5, 0.6) is 11.5 Å². The molecule has 0 bridgehead atoms. The molecule has 7 nitrogen and oxygen atoms in total. The van der Waals surface area contributed by atoms with E-state index in [0.717, 1.165) is 17.5 Å². The minimum atomic E-state index is -0.947. The molecule has 1 saturated heterocycles. The van der Waals surface area contributed by atoms with Crippen molar-refractivity contribution in [2.24, 2.45) is 0 Å². The van der Waals surface area contributed by atoms with E-state index in [4.69, 9.17) is 9.47 Å². The zero-order chi connectivity index (χ0) is 28.4. The SMILES string of the molecule is CCc1ccc(N2C(=O)C(=O)/C(=C(/O)c3cc(C(C)C)c(OC)cc3C)C2c2cccc(OC(C)=O)c2)cc1. The number of Topliss-reactive ketones (excluding diaryl/α,β-unsaturated/α-hetero) is 1. The number of methoxy groups -OCH3 is 1. The Morgan fingerprint density at radius 1 is 1.05 bits per heavy atom. The molecular weight excluding hydrogens is 494 g/mol. The van der Waals surface area contributed by atoms with E-state index < -0.39 is 23.7 Å². The van der Waals surface area contributed by atoms with Crippen molar-refractivity contribution in [2.45, 2.75) is 53.0 Å². The lowest BCUT2D eigenvalue weighted by atomic mass is 9.91. The van der Waals surface area contributed by atoms with Crippen LogP contribution in [0, 0.1) is 6.92 Å². The summed E-state index contributed by atoms with van der Waals surface area (Å²) in [6.07, 6.45) is 0.821. The van der Waals surface area contributed by atoms with E-state index >= 15 is 0 Å². The van der Waals surface area contributed by atoms with Gasteiger partial charge >= 0.3 is 5.97 Å². The number of aryl methyl sites for hydroxylation is 2. The second-order valence-electron chi connectivity index (χ2n) is 9.92. The molecule has 1 aliphatic rings. The number of amides is 1. The van der Waals surface area contributed by atoms with Crippen LogP contribution in [0.2, 0.25) is 0 Å². The lowest BCUT2D eigenvalue weighted by Gasteiger charge is -2.26. The Balaban J connectivity index is 1.98. The fourth-order valence-corrected chi connectivity index (χ4v) is 4.95. The van der Waals surface area contributed by atoms with Gasteiger partial charge in [-0.2, -0.15) is 0 Å². The van der Waals surface area contributed by atoms with Crippen LogP contribution in [0.25, 0.3) is 5.76 Å². The first kappa shape index (κ1) is 27.6. The number of ketones is 1. The second kappa shape index (κ2) is 11.2. The minimum Gasteiger partial charge on any atom is -0.507 e. The van der Waals surface area contributed by atoms with Crippen LogP contribution in [-0.2, 0) is 20.8 Å². The van der Waals surface area contributed by atoms with Gasteiger partial charge in [0.05, 0.1) is 18.7 Å². The fraction of sp³-hybridized carbons (Fsp3) is 0.281. The van der Waals surface area contributed by atoms with Crippen LogP contribution in [-0.4, -0.2) is 29.9 Å². The van der Waals surface area contributed by atoms with Crippen LogP contribution >= 0.6 is 0 Å². The van der Waals surface area contributed by atoms with Crippen LogP contribution in [0.4, 0.5) is 5.69 Å². The predicted octanol–water partition coefficient (Wildman–Crippen LogP) is 6.24. The molecule has 3 aromatic rings. The van der Waals surface area contributed by atoms with Gasteiger partial charge in [0.1, 0.15) is 17.3 Å². The van der Waals surface area contributed by atoms with Crippen molar-refractivity contribution in [3.63, 3.8) is 0 Å². The Kier molecular flexibility index (Phi) is 7.90. The van der Waals surface area contributed by atoms with Gasteiger partial charge in [0.15, 0.2) is 0 Å². The number of benzene rings is 3. The summed E-state index contributed by atoms with van der Waals surface area (Å²) < 4.78 is 10.8. The van der Waals surface area contributed by atoms with Crippen LogP contribution in [0.3, 0.4) is 0 Å². The van der Waals surface area contributed by atoms with Gasteiger partial charge < -0.3 is 14.6 Å².